The van der Waals surface area contributed by atoms with Gasteiger partial charge >= 0.3 is 0 Å². The highest BCUT2D eigenvalue weighted by atomic mass is 33.1. The van der Waals surface area contributed by atoms with E-state index >= 15 is 0 Å². The summed E-state index contributed by atoms with van der Waals surface area (Å²) >= 11 is 3.78. The molecule has 0 amide bonds. The fourth-order valence-corrected chi connectivity index (χ4v) is 0.822. The molecular formula is CH5OPS2. The lowest BCUT2D eigenvalue weighted by molar-refractivity contribution is 0.464. The van der Waals surface area contributed by atoms with Crippen molar-refractivity contribution in [2.45, 2.75) is 0 Å². The number of hydrogen-bond acceptors (Lipinski definition) is 3. The molecule has 0 N–H and O–H groups in total. The molecule has 1 unspecified atom stereocenters. The predicted octanol–water partition coefficient (Wildman–Crippen LogP) is 1.33. The van der Waals surface area contributed by atoms with Gasteiger partial charge in [-0.05, 0) is 0 Å². The van der Waals surface area contributed by atoms with Gasteiger partial charge in [0.15, 0.2) is 0 Å². The summed E-state index contributed by atoms with van der Waals surface area (Å²) in [6, 6.07) is 0. The van der Waals surface area contributed by atoms with Crippen LogP contribution >= 0.6 is 31.9 Å². The van der Waals surface area contributed by atoms with Gasteiger partial charge in [-0.2, -0.15) is 0 Å². The Morgan fingerprint density at radius 1 is 2.00 bits per heavy atom. The smallest absolute Gasteiger partial charge is 0.105 e. The van der Waals surface area contributed by atoms with Crippen molar-refractivity contribution < 1.29 is 4.52 Å². The zero-order chi connectivity index (χ0) is 4.12. The van der Waals surface area contributed by atoms with E-state index in [0.717, 1.165) is 0 Å². The lowest BCUT2D eigenvalue weighted by atomic mass is 11.7. The molecular weight excluding hydrogens is 123 g/mol. The largest absolute Gasteiger partial charge is 0.354 e. The highest BCUT2D eigenvalue weighted by Crippen LogP contribution is 2.05. The van der Waals surface area contributed by atoms with Crippen LogP contribution in [-0.2, 0) is 4.52 Å². The maximum atomic E-state index is 4.49. The van der Waals surface area contributed by atoms with Crippen molar-refractivity contribution in [1.29, 1.82) is 0 Å². The number of rotatable bonds is 2. The van der Waals surface area contributed by atoms with E-state index in [1.165, 1.54) is 10.8 Å². The van der Waals surface area contributed by atoms with Crippen molar-refractivity contribution in [3.8, 4) is 0 Å². The van der Waals surface area contributed by atoms with Crippen LogP contribution in [0.1, 0.15) is 0 Å². The van der Waals surface area contributed by atoms with Gasteiger partial charge in [-0.25, -0.2) is 0 Å². The van der Waals surface area contributed by atoms with Crippen LogP contribution in [0.15, 0.2) is 0 Å². The Balaban J connectivity index is 2.19. The summed E-state index contributed by atoms with van der Waals surface area (Å²) in [6.07, 6.45) is 0. The molecule has 0 saturated carbocycles. The minimum absolute atomic E-state index is 0.633. The van der Waals surface area contributed by atoms with Crippen LogP contribution in [0, 0.1) is 0 Å². The summed E-state index contributed by atoms with van der Waals surface area (Å²) in [5.74, 6) is 0.633. The zero-order valence-corrected chi connectivity index (χ0v) is 5.41. The Bertz CT molecular complexity index is 17.1. The summed E-state index contributed by atoms with van der Waals surface area (Å²) in [5, 5.41) is 0. The van der Waals surface area contributed by atoms with Crippen LogP contribution in [0.5, 0.6) is 0 Å². The fourth-order valence-electron chi connectivity index (χ4n) is 0.0304. The molecule has 0 aliphatic heterocycles. The van der Waals surface area contributed by atoms with Crippen molar-refractivity contribution in [2.24, 2.45) is 0 Å². The highest BCUT2D eigenvalue weighted by Gasteiger charge is 1.67. The van der Waals surface area contributed by atoms with Crippen molar-refractivity contribution >= 4 is 31.9 Å². The third kappa shape index (κ3) is 5.09. The Morgan fingerprint density at radius 3 is 2.60 bits per heavy atom. The Hall–Kier alpha value is 1.09. The third-order valence-corrected chi connectivity index (χ3v) is 1.09. The summed E-state index contributed by atoms with van der Waals surface area (Å²) < 4.78 is 4.49. The summed E-state index contributed by atoms with van der Waals surface area (Å²) in [5.41, 5.74) is 0. The molecule has 0 heterocycles. The molecule has 0 radical (unpaired) electrons. The molecule has 0 aliphatic carbocycles. The molecule has 4 heteroatoms. The van der Waals surface area contributed by atoms with E-state index in [4.69, 9.17) is 0 Å². The molecule has 0 aromatic carbocycles. The van der Waals surface area contributed by atoms with Crippen molar-refractivity contribution in [3.05, 3.63) is 0 Å². The second kappa shape index (κ2) is 5.09. The molecule has 0 saturated heterocycles. The molecule has 0 fully saturated rings. The lowest BCUT2D eigenvalue weighted by Gasteiger charge is -1.83. The summed E-state index contributed by atoms with van der Waals surface area (Å²) in [7, 11) is 3.48. The van der Waals surface area contributed by atoms with Crippen LogP contribution in [0.4, 0.5) is 0 Å². The standard InChI is InChI=1S/CH5OPS2/c3-2-1-5-4/h4H,1,3H2. The SMILES string of the molecule is POCSS. The van der Waals surface area contributed by atoms with Crippen LogP contribution in [0.25, 0.3) is 0 Å². The highest BCUT2D eigenvalue weighted by molar-refractivity contribution is 8.68. The average Bonchev–Trinajstić information content (AvgIpc) is 1.41. The van der Waals surface area contributed by atoms with Gasteiger partial charge < -0.3 is 4.52 Å². The van der Waals surface area contributed by atoms with E-state index in [9.17, 15) is 0 Å². The molecule has 0 spiro atoms. The first-order chi connectivity index (χ1) is 2.41. The summed E-state index contributed by atoms with van der Waals surface area (Å²) in [6.45, 7) is 0. The van der Waals surface area contributed by atoms with E-state index in [1.54, 1.807) is 0 Å². The Morgan fingerprint density at radius 2 is 2.60 bits per heavy atom. The van der Waals surface area contributed by atoms with E-state index < -0.39 is 0 Å². The van der Waals surface area contributed by atoms with Gasteiger partial charge in [0.1, 0.15) is 5.94 Å². The van der Waals surface area contributed by atoms with Gasteiger partial charge in [-0.15, -0.1) is 11.7 Å². The quantitative estimate of drug-likeness (QED) is 0.260. The molecule has 1 nitrogen and oxygen atoms in total. The van der Waals surface area contributed by atoms with Gasteiger partial charge in [-0.1, -0.05) is 10.8 Å². The number of hydrogen-bond donors (Lipinski definition) is 1. The first-order valence-corrected chi connectivity index (χ1v) is 3.50. The second-order valence-electron chi connectivity index (χ2n) is 0.414. The molecule has 0 bridgehead atoms. The minimum Gasteiger partial charge on any atom is -0.354 e. The molecule has 0 rings (SSSR count). The topological polar surface area (TPSA) is 9.23 Å². The summed E-state index contributed by atoms with van der Waals surface area (Å²) in [4.78, 5) is 0. The Labute approximate surface area is 42.9 Å². The van der Waals surface area contributed by atoms with E-state index in [2.05, 4.69) is 25.7 Å². The third-order valence-electron chi connectivity index (χ3n) is 0.121. The van der Waals surface area contributed by atoms with E-state index in [1.807, 2.05) is 0 Å². The van der Waals surface area contributed by atoms with E-state index in [0.29, 0.717) is 5.94 Å². The van der Waals surface area contributed by atoms with Gasteiger partial charge in [-0.3, -0.25) is 0 Å². The molecule has 0 aliphatic rings. The first-order valence-electron chi connectivity index (χ1n) is 0.996. The minimum atomic E-state index is 0.633. The van der Waals surface area contributed by atoms with Crippen molar-refractivity contribution in [1.82, 2.24) is 0 Å². The maximum Gasteiger partial charge on any atom is 0.105 e. The van der Waals surface area contributed by atoms with Crippen LogP contribution in [0.3, 0.4) is 0 Å². The van der Waals surface area contributed by atoms with Crippen molar-refractivity contribution in [2.75, 3.05) is 5.94 Å². The van der Waals surface area contributed by atoms with Gasteiger partial charge in [0, 0.05) is 9.47 Å². The molecule has 1 atom stereocenters. The van der Waals surface area contributed by atoms with Gasteiger partial charge in [0.05, 0.1) is 0 Å². The first kappa shape index (κ1) is 6.09. The van der Waals surface area contributed by atoms with Crippen molar-refractivity contribution in [3.63, 3.8) is 0 Å². The zero-order valence-electron chi connectivity index (χ0n) is 2.55. The van der Waals surface area contributed by atoms with Gasteiger partial charge in [0.2, 0.25) is 0 Å². The second-order valence-corrected chi connectivity index (χ2v) is 2.02. The Kier molecular flexibility index (Phi) is 6.20. The molecule has 32 valence electrons. The van der Waals surface area contributed by atoms with E-state index in [-0.39, 0.29) is 0 Å². The van der Waals surface area contributed by atoms with Crippen LogP contribution < -0.4 is 0 Å². The van der Waals surface area contributed by atoms with Crippen LogP contribution in [-0.4, -0.2) is 5.94 Å². The normalized spacial score (nSPS) is 8.40. The average molecular weight is 128 g/mol. The monoisotopic (exact) mass is 128 g/mol. The lowest BCUT2D eigenvalue weighted by Crippen LogP contribution is -1.62. The number of thiol groups is 1. The molecule has 5 heavy (non-hydrogen) atoms. The predicted molar refractivity (Wildman–Crippen MR) is 32.2 cm³/mol. The molecule has 0 aromatic rings. The van der Waals surface area contributed by atoms with Crippen LogP contribution in [0.2, 0.25) is 0 Å². The fraction of sp³-hybridized carbons (Fsp3) is 1.00. The maximum absolute atomic E-state index is 4.49. The van der Waals surface area contributed by atoms with Gasteiger partial charge in [0.25, 0.3) is 0 Å². The molecule has 0 aromatic heterocycles.